The maximum absolute atomic E-state index is 13.0. The number of fused-ring (bicyclic) bond motifs is 1. The molecule has 30 heavy (non-hydrogen) atoms. The van der Waals surface area contributed by atoms with Crippen LogP contribution in [0.15, 0.2) is 40.8 Å². The molecule has 7 heteroatoms. The van der Waals surface area contributed by atoms with Gasteiger partial charge in [0, 0.05) is 13.1 Å². The van der Waals surface area contributed by atoms with Crippen LogP contribution in [0, 0.1) is 0 Å². The zero-order valence-electron chi connectivity index (χ0n) is 17.5. The molecule has 2 aromatic carbocycles. The standard InChI is InChI=1S/C23H26N2O5/c1-27-19-11-15(12-20(28-2)22(19)29-3)13-21(26)25-10-6-7-16(14-25)23-24-17-8-4-5-9-18(17)30-23/h4-5,8-9,11-12,16H,6-7,10,13-14H2,1-3H3. The van der Waals surface area contributed by atoms with E-state index < -0.39 is 0 Å². The fourth-order valence-corrected chi connectivity index (χ4v) is 3.99. The Kier molecular flexibility index (Phi) is 5.79. The highest BCUT2D eigenvalue weighted by atomic mass is 16.5. The van der Waals surface area contributed by atoms with Crippen LogP contribution in [-0.4, -0.2) is 50.2 Å². The van der Waals surface area contributed by atoms with Crippen molar-refractivity contribution >= 4 is 17.0 Å². The summed E-state index contributed by atoms with van der Waals surface area (Å²) in [6.45, 7) is 1.34. The number of hydrogen-bond donors (Lipinski definition) is 0. The van der Waals surface area contributed by atoms with Gasteiger partial charge < -0.3 is 23.5 Å². The third-order valence-electron chi connectivity index (χ3n) is 5.51. The van der Waals surface area contributed by atoms with Crippen molar-refractivity contribution in [1.82, 2.24) is 9.88 Å². The first-order chi connectivity index (χ1) is 14.6. The van der Waals surface area contributed by atoms with Crippen molar-refractivity contribution in [2.45, 2.75) is 25.2 Å². The Bertz CT molecular complexity index is 987. The molecule has 1 aliphatic heterocycles. The van der Waals surface area contributed by atoms with Crippen LogP contribution in [0.2, 0.25) is 0 Å². The molecule has 158 valence electrons. The lowest BCUT2D eigenvalue weighted by molar-refractivity contribution is -0.131. The zero-order valence-corrected chi connectivity index (χ0v) is 17.5. The highest BCUT2D eigenvalue weighted by molar-refractivity contribution is 5.79. The Labute approximate surface area is 175 Å². The zero-order chi connectivity index (χ0) is 21.1. The van der Waals surface area contributed by atoms with Crippen LogP contribution < -0.4 is 14.2 Å². The van der Waals surface area contributed by atoms with Gasteiger partial charge in [-0.2, -0.15) is 0 Å². The Morgan fingerprint density at radius 1 is 1.13 bits per heavy atom. The third-order valence-corrected chi connectivity index (χ3v) is 5.51. The first kappa shape index (κ1) is 20.1. The SMILES string of the molecule is COc1cc(CC(=O)N2CCCC(c3nc4ccccc4o3)C2)cc(OC)c1OC. The van der Waals surface area contributed by atoms with Gasteiger partial charge in [-0.25, -0.2) is 4.98 Å². The van der Waals surface area contributed by atoms with E-state index in [1.807, 2.05) is 41.3 Å². The molecule has 0 saturated carbocycles. The summed E-state index contributed by atoms with van der Waals surface area (Å²) < 4.78 is 22.1. The lowest BCUT2D eigenvalue weighted by Crippen LogP contribution is -2.40. The molecule has 7 nitrogen and oxygen atoms in total. The predicted octanol–water partition coefficient (Wildman–Crippen LogP) is 3.80. The normalized spacial score (nSPS) is 16.5. The molecule has 0 aliphatic carbocycles. The number of nitrogens with zero attached hydrogens (tertiary/aromatic N) is 2. The molecule has 2 heterocycles. The minimum atomic E-state index is 0.0603. The number of para-hydroxylation sites is 2. The van der Waals surface area contributed by atoms with E-state index in [0.717, 1.165) is 36.0 Å². The van der Waals surface area contributed by atoms with Gasteiger partial charge in [0.1, 0.15) is 5.52 Å². The van der Waals surface area contributed by atoms with E-state index in [1.165, 1.54) is 0 Å². The van der Waals surface area contributed by atoms with Gasteiger partial charge in [0.25, 0.3) is 0 Å². The van der Waals surface area contributed by atoms with E-state index in [9.17, 15) is 4.79 Å². The topological polar surface area (TPSA) is 74.0 Å². The van der Waals surface area contributed by atoms with E-state index >= 15 is 0 Å². The van der Waals surface area contributed by atoms with Crippen LogP contribution in [0.5, 0.6) is 17.2 Å². The number of likely N-dealkylation sites (tertiary alicyclic amines) is 1. The second kappa shape index (κ2) is 8.65. The minimum Gasteiger partial charge on any atom is -0.493 e. The molecule has 1 atom stereocenters. The molecule has 3 aromatic rings. The Balaban J connectivity index is 1.49. The number of hydrogen-bond acceptors (Lipinski definition) is 6. The fraction of sp³-hybridized carbons (Fsp3) is 0.391. The quantitative estimate of drug-likeness (QED) is 0.615. The molecule has 1 amide bonds. The smallest absolute Gasteiger partial charge is 0.227 e. The van der Waals surface area contributed by atoms with Crippen LogP contribution in [0.3, 0.4) is 0 Å². The Morgan fingerprint density at radius 3 is 2.53 bits per heavy atom. The summed E-state index contributed by atoms with van der Waals surface area (Å²) in [6, 6.07) is 11.4. The van der Waals surface area contributed by atoms with Gasteiger partial charge in [0.15, 0.2) is 23.0 Å². The molecule has 4 rings (SSSR count). The van der Waals surface area contributed by atoms with Gasteiger partial charge in [-0.05, 0) is 42.7 Å². The Hall–Kier alpha value is -3.22. The highest BCUT2D eigenvalue weighted by Crippen LogP contribution is 2.38. The van der Waals surface area contributed by atoms with Gasteiger partial charge >= 0.3 is 0 Å². The van der Waals surface area contributed by atoms with Crippen LogP contribution in [0.4, 0.5) is 0 Å². The second-order valence-corrected chi connectivity index (χ2v) is 7.41. The first-order valence-electron chi connectivity index (χ1n) is 10.0. The summed E-state index contributed by atoms with van der Waals surface area (Å²) in [5.41, 5.74) is 2.46. The predicted molar refractivity (Wildman–Crippen MR) is 112 cm³/mol. The van der Waals surface area contributed by atoms with Crippen molar-refractivity contribution in [3.63, 3.8) is 0 Å². The third kappa shape index (κ3) is 3.92. The van der Waals surface area contributed by atoms with Crippen LogP contribution in [0.25, 0.3) is 11.1 Å². The molecule has 0 radical (unpaired) electrons. The molecule has 1 aromatic heterocycles. The summed E-state index contributed by atoms with van der Waals surface area (Å²) in [5.74, 6) is 2.48. The molecule has 1 fully saturated rings. The van der Waals surface area contributed by atoms with Crippen LogP contribution >= 0.6 is 0 Å². The second-order valence-electron chi connectivity index (χ2n) is 7.41. The molecular formula is C23H26N2O5. The average molecular weight is 410 g/mol. The summed E-state index contributed by atoms with van der Waals surface area (Å²) in [7, 11) is 4.70. The number of aromatic nitrogens is 1. The van der Waals surface area contributed by atoms with Gasteiger partial charge in [0.05, 0.1) is 33.7 Å². The molecule has 0 spiro atoms. The Morgan fingerprint density at radius 2 is 1.87 bits per heavy atom. The molecule has 0 bridgehead atoms. The van der Waals surface area contributed by atoms with Gasteiger partial charge in [-0.15, -0.1) is 0 Å². The number of oxazole rings is 1. The van der Waals surface area contributed by atoms with E-state index in [-0.39, 0.29) is 18.2 Å². The number of methoxy groups -OCH3 is 3. The van der Waals surface area contributed by atoms with Crippen molar-refractivity contribution < 1.29 is 23.4 Å². The average Bonchev–Trinajstić information content (AvgIpc) is 3.22. The van der Waals surface area contributed by atoms with Gasteiger partial charge in [0.2, 0.25) is 11.7 Å². The lowest BCUT2D eigenvalue weighted by Gasteiger charge is -2.31. The lowest BCUT2D eigenvalue weighted by atomic mass is 9.97. The summed E-state index contributed by atoms with van der Waals surface area (Å²) in [5, 5.41) is 0. The summed E-state index contributed by atoms with van der Waals surface area (Å²) >= 11 is 0. The highest BCUT2D eigenvalue weighted by Gasteiger charge is 2.28. The fourth-order valence-electron chi connectivity index (χ4n) is 3.99. The van der Waals surface area contributed by atoms with Crippen molar-refractivity contribution in [2.75, 3.05) is 34.4 Å². The van der Waals surface area contributed by atoms with Crippen molar-refractivity contribution in [3.8, 4) is 17.2 Å². The summed E-state index contributed by atoms with van der Waals surface area (Å²) in [4.78, 5) is 19.6. The number of carbonyl (C=O) groups is 1. The number of amides is 1. The van der Waals surface area contributed by atoms with E-state index in [0.29, 0.717) is 29.7 Å². The maximum Gasteiger partial charge on any atom is 0.227 e. The van der Waals surface area contributed by atoms with Crippen molar-refractivity contribution in [1.29, 1.82) is 0 Å². The van der Waals surface area contributed by atoms with Crippen molar-refractivity contribution in [3.05, 3.63) is 47.9 Å². The summed E-state index contributed by atoms with van der Waals surface area (Å²) in [6.07, 6.45) is 2.14. The number of benzene rings is 2. The monoisotopic (exact) mass is 410 g/mol. The van der Waals surface area contributed by atoms with Crippen LogP contribution in [-0.2, 0) is 11.2 Å². The number of carbonyl (C=O) groups excluding carboxylic acids is 1. The number of rotatable bonds is 6. The number of piperidine rings is 1. The maximum atomic E-state index is 13.0. The van der Waals surface area contributed by atoms with E-state index in [4.69, 9.17) is 18.6 Å². The molecule has 1 aliphatic rings. The first-order valence-corrected chi connectivity index (χ1v) is 10.0. The van der Waals surface area contributed by atoms with E-state index in [1.54, 1.807) is 21.3 Å². The number of ether oxygens (including phenoxy) is 3. The van der Waals surface area contributed by atoms with E-state index in [2.05, 4.69) is 4.98 Å². The molecule has 1 unspecified atom stereocenters. The largest absolute Gasteiger partial charge is 0.493 e. The molecular weight excluding hydrogens is 384 g/mol. The molecule has 1 saturated heterocycles. The van der Waals surface area contributed by atoms with Crippen LogP contribution in [0.1, 0.15) is 30.2 Å². The van der Waals surface area contributed by atoms with Gasteiger partial charge in [-0.3, -0.25) is 4.79 Å². The molecule has 0 N–H and O–H groups in total. The minimum absolute atomic E-state index is 0.0603. The van der Waals surface area contributed by atoms with Crippen molar-refractivity contribution in [2.24, 2.45) is 0 Å². The van der Waals surface area contributed by atoms with Gasteiger partial charge in [-0.1, -0.05) is 12.1 Å².